The van der Waals surface area contributed by atoms with Crippen molar-refractivity contribution in [2.75, 3.05) is 33.2 Å². The van der Waals surface area contributed by atoms with E-state index in [1.165, 1.54) is 22.3 Å². The van der Waals surface area contributed by atoms with Crippen LogP contribution >= 0.6 is 0 Å². The summed E-state index contributed by atoms with van der Waals surface area (Å²) < 4.78 is 14.1. The molecule has 2 nitrogen and oxygen atoms in total. The fourth-order valence-electron chi connectivity index (χ4n) is 4.03. The van der Waals surface area contributed by atoms with Crippen molar-refractivity contribution >= 4 is 17.7 Å². The first-order valence-electron chi connectivity index (χ1n) is 9.42. The minimum absolute atomic E-state index is 0.166. The monoisotopic (exact) mass is 348 g/mol. The van der Waals surface area contributed by atoms with Crippen LogP contribution in [-0.4, -0.2) is 38.1 Å². The second-order valence-electron chi connectivity index (χ2n) is 7.08. The molecule has 1 aliphatic heterocycles. The van der Waals surface area contributed by atoms with E-state index in [9.17, 15) is 4.39 Å². The lowest BCUT2D eigenvalue weighted by Gasteiger charge is -2.30. The highest BCUT2D eigenvalue weighted by Crippen LogP contribution is 2.38. The van der Waals surface area contributed by atoms with Gasteiger partial charge in [0.15, 0.2) is 0 Å². The van der Waals surface area contributed by atoms with Crippen molar-refractivity contribution in [3.05, 3.63) is 76.1 Å². The maximum absolute atomic E-state index is 14.1. The fourth-order valence-corrected chi connectivity index (χ4v) is 4.03. The Morgan fingerprint density at radius 2 is 1.69 bits per heavy atom. The van der Waals surface area contributed by atoms with E-state index in [1.54, 1.807) is 12.1 Å². The van der Waals surface area contributed by atoms with Crippen molar-refractivity contribution in [3.63, 3.8) is 0 Å². The van der Waals surface area contributed by atoms with E-state index >= 15 is 0 Å². The van der Waals surface area contributed by atoms with Gasteiger partial charge in [0.2, 0.25) is 0 Å². The van der Waals surface area contributed by atoms with E-state index in [2.05, 4.69) is 46.6 Å². The third-order valence-electron chi connectivity index (χ3n) is 5.45. The molecule has 0 atom stereocenters. The van der Waals surface area contributed by atoms with Gasteiger partial charge in [0, 0.05) is 26.2 Å². The van der Waals surface area contributed by atoms with E-state index in [0.717, 1.165) is 50.1 Å². The highest BCUT2D eigenvalue weighted by atomic mass is 19.1. The minimum Gasteiger partial charge on any atom is -0.318 e. The zero-order chi connectivity index (χ0) is 17.9. The Balaban J connectivity index is 1.78. The SMILES string of the molecule is CNCCN1CCC(=C2c3ccccc3C=Cc3ccc(F)cc32)CC1. The van der Waals surface area contributed by atoms with E-state index in [1.807, 2.05) is 13.1 Å². The first-order valence-corrected chi connectivity index (χ1v) is 9.42. The van der Waals surface area contributed by atoms with Gasteiger partial charge in [-0.15, -0.1) is 0 Å². The quantitative estimate of drug-likeness (QED) is 0.753. The van der Waals surface area contributed by atoms with Crippen molar-refractivity contribution in [2.45, 2.75) is 12.8 Å². The summed E-state index contributed by atoms with van der Waals surface area (Å²) in [6.45, 7) is 4.25. The van der Waals surface area contributed by atoms with Crippen LogP contribution in [0.15, 0.2) is 48.0 Å². The lowest BCUT2D eigenvalue weighted by atomic mass is 9.86. The van der Waals surface area contributed by atoms with Crippen LogP contribution in [0.5, 0.6) is 0 Å². The number of likely N-dealkylation sites (N-methyl/N-ethyl adjacent to an activating group) is 1. The van der Waals surface area contributed by atoms with Gasteiger partial charge in [0.1, 0.15) is 5.82 Å². The van der Waals surface area contributed by atoms with Gasteiger partial charge in [-0.05, 0) is 59.8 Å². The molecular weight excluding hydrogens is 323 g/mol. The summed E-state index contributed by atoms with van der Waals surface area (Å²) in [5, 5.41) is 3.23. The third-order valence-corrected chi connectivity index (χ3v) is 5.45. The number of nitrogens with one attached hydrogen (secondary N) is 1. The smallest absolute Gasteiger partial charge is 0.123 e. The molecule has 0 radical (unpaired) electrons. The van der Waals surface area contributed by atoms with Gasteiger partial charge in [-0.2, -0.15) is 0 Å². The molecule has 1 N–H and O–H groups in total. The molecule has 2 aromatic carbocycles. The Labute approximate surface area is 155 Å². The number of rotatable bonds is 3. The highest BCUT2D eigenvalue weighted by Gasteiger charge is 2.22. The standard InChI is InChI=1S/C23H25FN2/c1-25-12-15-26-13-10-19(11-14-26)23-21-5-3-2-4-17(21)6-7-18-8-9-20(24)16-22(18)23/h2-9,16,25H,10-15H2,1H3. The summed E-state index contributed by atoms with van der Waals surface area (Å²) in [5.74, 6) is -0.166. The normalized spacial score (nSPS) is 17.0. The molecule has 2 aliphatic rings. The van der Waals surface area contributed by atoms with E-state index < -0.39 is 0 Å². The Kier molecular flexibility index (Phi) is 5.00. The largest absolute Gasteiger partial charge is 0.318 e. The minimum atomic E-state index is -0.166. The molecule has 0 unspecified atom stereocenters. The Morgan fingerprint density at radius 1 is 0.962 bits per heavy atom. The molecular formula is C23H25FN2. The number of hydrogen-bond acceptors (Lipinski definition) is 2. The second-order valence-corrected chi connectivity index (χ2v) is 7.08. The van der Waals surface area contributed by atoms with Crippen molar-refractivity contribution in [1.82, 2.24) is 10.2 Å². The summed E-state index contributed by atoms with van der Waals surface area (Å²) in [4.78, 5) is 2.51. The van der Waals surface area contributed by atoms with Gasteiger partial charge >= 0.3 is 0 Å². The van der Waals surface area contributed by atoms with E-state index in [0.29, 0.717) is 0 Å². The Hall–Kier alpha value is -2.23. The average Bonchev–Trinajstić information content (AvgIpc) is 2.83. The molecule has 1 heterocycles. The highest BCUT2D eigenvalue weighted by molar-refractivity contribution is 5.94. The Morgan fingerprint density at radius 3 is 2.46 bits per heavy atom. The maximum Gasteiger partial charge on any atom is 0.123 e. The first-order chi connectivity index (χ1) is 12.8. The number of fused-ring (bicyclic) bond motifs is 2. The molecule has 1 saturated heterocycles. The topological polar surface area (TPSA) is 15.3 Å². The lowest BCUT2D eigenvalue weighted by molar-refractivity contribution is 0.259. The van der Waals surface area contributed by atoms with Crippen LogP contribution in [0.25, 0.3) is 17.7 Å². The van der Waals surface area contributed by atoms with Gasteiger partial charge < -0.3 is 10.2 Å². The van der Waals surface area contributed by atoms with E-state index in [4.69, 9.17) is 0 Å². The summed E-state index contributed by atoms with van der Waals surface area (Å²) in [6.07, 6.45) is 6.36. The molecule has 0 aromatic heterocycles. The summed E-state index contributed by atoms with van der Waals surface area (Å²) >= 11 is 0. The number of likely N-dealkylation sites (tertiary alicyclic amines) is 1. The fraction of sp³-hybridized carbons (Fsp3) is 0.304. The van der Waals surface area contributed by atoms with Crippen LogP contribution in [-0.2, 0) is 0 Å². The average molecular weight is 348 g/mol. The van der Waals surface area contributed by atoms with Crippen molar-refractivity contribution in [2.24, 2.45) is 0 Å². The third kappa shape index (κ3) is 3.37. The molecule has 3 heteroatoms. The molecule has 26 heavy (non-hydrogen) atoms. The predicted molar refractivity (Wildman–Crippen MR) is 107 cm³/mol. The molecule has 4 rings (SSSR count). The van der Waals surface area contributed by atoms with E-state index in [-0.39, 0.29) is 5.82 Å². The van der Waals surface area contributed by atoms with Gasteiger partial charge in [-0.1, -0.05) is 48.1 Å². The van der Waals surface area contributed by atoms with Crippen LogP contribution < -0.4 is 5.32 Å². The Bertz CT molecular complexity index is 856. The number of hydrogen-bond donors (Lipinski definition) is 1. The van der Waals surface area contributed by atoms with Gasteiger partial charge in [0.25, 0.3) is 0 Å². The van der Waals surface area contributed by atoms with Gasteiger partial charge in [-0.3, -0.25) is 0 Å². The van der Waals surface area contributed by atoms with Crippen LogP contribution in [0.1, 0.15) is 35.1 Å². The van der Waals surface area contributed by atoms with Crippen LogP contribution in [0.2, 0.25) is 0 Å². The predicted octanol–water partition coefficient (Wildman–Crippen LogP) is 4.43. The number of nitrogens with zero attached hydrogens (tertiary/aromatic N) is 1. The summed E-state index contributed by atoms with van der Waals surface area (Å²) in [7, 11) is 2.00. The van der Waals surface area contributed by atoms with Crippen LogP contribution in [0.3, 0.4) is 0 Å². The second kappa shape index (κ2) is 7.56. The molecule has 1 fully saturated rings. The van der Waals surface area contributed by atoms with Crippen molar-refractivity contribution in [3.8, 4) is 0 Å². The zero-order valence-electron chi connectivity index (χ0n) is 15.3. The van der Waals surface area contributed by atoms with Crippen molar-refractivity contribution in [1.29, 1.82) is 0 Å². The van der Waals surface area contributed by atoms with Crippen molar-refractivity contribution < 1.29 is 4.39 Å². The first kappa shape index (κ1) is 17.2. The lowest BCUT2D eigenvalue weighted by Crippen LogP contribution is -2.35. The molecule has 0 amide bonds. The van der Waals surface area contributed by atoms with Crippen LogP contribution in [0, 0.1) is 5.82 Å². The van der Waals surface area contributed by atoms with Gasteiger partial charge in [-0.25, -0.2) is 4.39 Å². The molecule has 0 bridgehead atoms. The maximum atomic E-state index is 14.1. The number of piperidine rings is 1. The molecule has 1 aliphatic carbocycles. The number of halogens is 1. The summed E-state index contributed by atoms with van der Waals surface area (Å²) in [6, 6.07) is 13.6. The molecule has 0 saturated carbocycles. The molecule has 134 valence electrons. The summed E-state index contributed by atoms with van der Waals surface area (Å²) in [5.41, 5.74) is 7.27. The molecule has 0 spiro atoms. The number of benzene rings is 2. The zero-order valence-corrected chi connectivity index (χ0v) is 15.3. The van der Waals surface area contributed by atoms with Crippen LogP contribution in [0.4, 0.5) is 4.39 Å². The molecule has 2 aromatic rings. The van der Waals surface area contributed by atoms with Gasteiger partial charge in [0.05, 0.1) is 0 Å².